The van der Waals surface area contributed by atoms with E-state index in [1.807, 2.05) is 0 Å². The lowest BCUT2D eigenvalue weighted by molar-refractivity contribution is -0.109. The van der Waals surface area contributed by atoms with Gasteiger partial charge in [-0.25, -0.2) is 4.39 Å². The van der Waals surface area contributed by atoms with Gasteiger partial charge >= 0.3 is 0 Å². The van der Waals surface area contributed by atoms with E-state index in [0.717, 1.165) is 25.3 Å². The molecular weight excluding hydrogens is 443 g/mol. The van der Waals surface area contributed by atoms with Gasteiger partial charge in [0, 0.05) is 42.3 Å². The van der Waals surface area contributed by atoms with Crippen LogP contribution < -0.4 is 16.0 Å². The molecule has 0 saturated heterocycles. The Morgan fingerprint density at radius 1 is 1.30 bits per heavy atom. The third kappa shape index (κ3) is 7.16. The number of nitrogens with two attached hydrogens (primary N) is 1. The van der Waals surface area contributed by atoms with E-state index >= 15 is 0 Å². The van der Waals surface area contributed by atoms with Crippen LogP contribution >= 0.6 is 11.6 Å². The van der Waals surface area contributed by atoms with Crippen molar-refractivity contribution in [3.8, 4) is 6.07 Å². The second kappa shape index (κ2) is 13.0. The van der Waals surface area contributed by atoms with Crippen molar-refractivity contribution in [2.75, 3.05) is 24.2 Å². The normalized spacial score (nSPS) is 11.3. The van der Waals surface area contributed by atoms with Crippen molar-refractivity contribution in [2.45, 2.75) is 25.7 Å². The lowest BCUT2D eigenvalue weighted by Gasteiger charge is -2.25. The van der Waals surface area contributed by atoms with Crippen LogP contribution in [0.3, 0.4) is 0 Å². The fourth-order valence-corrected chi connectivity index (χ4v) is 3.40. The van der Waals surface area contributed by atoms with E-state index in [4.69, 9.17) is 28.0 Å². The number of nitriles is 1. The summed E-state index contributed by atoms with van der Waals surface area (Å²) in [6.45, 7) is 0.620. The molecular formula is C24H26ClFN6O. The largest absolute Gasteiger partial charge is 0.398 e. The highest BCUT2D eigenvalue weighted by molar-refractivity contribution is 6.35. The van der Waals surface area contributed by atoms with Gasteiger partial charge in [0.15, 0.2) is 0 Å². The zero-order valence-electron chi connectivity index (χ0n) is 18.3. The highest BCUT2D eigenvalue weighted by Crippen LogP contribution is 2.28. The summed E-state index contributed by atoms with van der Waals surface area (Å²) >= 11 is 6.63. The molecule has 9 heteroatoms. The lowest BCUT2D eigenvalue weighted by Crippen LogP contribution is -2.28. The predicted octanol–water partition coefficient (Wildman–Crippen LogP) is 4.55. The van der Waals surface area contributed by atoms with Crippen LogP contribution in [-0.4, -0.2) is 32.1 Å². The Bertz CT molecular complexity index is 1090. The van der Waals surface area contributed by atoms with Crippen LogP contribution in [0.15, 0.2) is 52.6 Å². The van der Waals surface area contributed by atoms with Gasteiger partial charge in [-0.2, -0.15) is 5.26 Å². The van der Waals surface area contributed by atoms with E-state index in [0.29, 0.717) is 36.3 Å². The number of benzene rings is 2. The Morgan fingerprint density at radius 2 is 2.09 bits per heavy atom. The quantitative estimate of drug-likeness (QED) is 0.112. The van der Waals surface area contributed by atoms with E-state index in [1.54, 1.807) is 43.6 Å². The number of allylic oxidation sites excluding steroid dienone is 1. The van der Waals surface area contributed by atoms with Crippen LogP contribution in [0.25, 0.3) is 0 Å². The van der Waals surface area contributed by atoms with E-state index in [9.17, 15) is 9.18 Å². The highest BCUT2D eigenvalue weighted by atomic mass is 35.5. The maximum absolute atomic E-state index is 14.2. The van der Waals surface area contributed by atoms with Gasteiger partial charge in [0.05, 0.1) is 5.56 Å². The number of rotatable bonds is 11. The molecule has 0 fully saturated rings. The van der Waals surface area contributed by atoms with Crippen LogP contribution in [0, 0.1) is 22.6 Å². The molecule has 0 spiro atoms. The third-order valence-electron chi connectivity index (χ3n) is 4.82. The number of anilines is 2. The van der Waals surface area contributed by atoms with Crippen LogP contribution in [0.5, 0.6) is 0 Å². The minimum Gasteiger partial charge on any atom is -0.398 e. The number of hydrogen-bond acceptors (Lipinski definition) is 5. The number of halogens is 2. The van der Waals surface area contributed by atoms with Crippen molar-refractivity contribution in [2.24, 2.45) is 4.99 Å². The summed E-state index contributed by atoms with van der Waals surface area (Å²) in [4.78, 5) is 15.8. The van der Waals surface area contributed by atoms with E-state index < -0.39 is 5.82 Å². The summed E-state index contributed by atoms with van der Waals surface area (Å²) in [5.41, 5.74) is 7.92. The van der Waals surface area contributed by atoms with Crippen molar-refractivity contribution in [3.05, 3.63) is 70.1 Å². The van der Waals surface area contributed by atoms with Gasteiger partial charge in [0.2, 0.25) is 6.41 Å². The van der Waals surface area contributed by atoms with Gasteiger partial charge < -0.3 is 11.1 Å². The molecule has 0 aliphatic heterocycles. The second-order valence-corrected chi connectivity index (χ2v) is 7.53. The van der Waals surface area contributed by atoms with Crippen LogP contribution in [0.2, 0.25) is 0 Å². The maximum Gasteiger partial charge on any atom is 0.207 e. The fourth-order valence-electron chi connectivity index (χ4n) is 3.11. The fraction of sp³-hybridized carbons (Fsp3) is 0.250. The van der Waals surface area contributed by atoms with Gasteiger partial charge in [0.1, 0.15) is 22.9 Å². The summed E-state index contributed by atoms with van der Waals surface area (Å²) in [5.74, 6) is -0.765. The number of nitrogen functional groups attached to an aromatic ring is 1. The summed E-state index contributed by atoms with van der Waals surface area (Å²) in [6, 6.07) is 10.9. The monoisotopic (exact) mass is 468 g/mol. The number of hydrogen-bond donors (Lipinski definition) is 3. The first-order valence-corrected chi connectivity index (χ1v) is 10.7. The van der Waals surface area contributed by atoms with Crippen molar-refractivity contribution in [1.29, 1.82) is 10.7 Å². The highest BCUT2D eigenvalue weighted by Gasteiger charge is 2.19. The number of aliphatic imine (C=N–C) groups is 1. The van der Waals surface area contributed by atoms with Crippen molar-refractivity contribution in [1.82, 2.24) is 5.32 Å². The van der Waals surface area contributed by atoms with Crippen molar-refractivity contribution >= 4 is 41.4 Å². The molecule has 33 heavy (non-hydrogen) atoms. The van der Waals surface area contributed by atoms with Crippen LogP contribution in [-0.2, 0) is 4.79 Å². The topological polar surface area (TPSA) is 118 Å². The van der Waals surface area contributed by atoms with Gasteiger partial charge in [-0.3, -0.25) is 20.1 Å². The van der Waals surface area contributed by atoms with Gasteiger partial charge in [-0.05, 0) is 61.7 Å². The molecule has 2 aromatic carbocycles. The lowest BCUT2D eigenvalue weighted by atomic mass is 10.1. The molecule has 0 bridgehead atoms. The first-order valence-electron chi connectivity index (χ1n) is 10.4. The minimum atomic E-state index is -0.708. The third-order valence-corrected chi connectivity index (χ3v) is 5.14. The van der Waals surface area contributed by atoms with Crippen molar-refractivity contribution in [3.63, 3.8) is 0 Å². The number of unbranched alkanes of at least 4 members (excludes halogenated alkanes) is 3. The molecule has 7 nitrogen and oxygen atoms in total. The first kappa shape index (κ1) is 25.6. The SMILES string of the molecule is CN=Cc1cc(N(C(=N)c2ccc(C#N)c(F)c2)/C(Cl)=C/CCCCCNC=O)ccc1N. The molecule has 0 heterocycles. The number of carbonyl (C=O) groups is 1. The molecule has 0 aromatic heterocycles. The van der Waals surface area contributed by atoms with E-state index in [-0.39, 0.29) is 22.1 Å². The molecule has 0 aliphatic rings. The molecule has 172 valence electrons. The Kier molecular flexibility index (Phi) is 10.1. The van der Waals surface area contributed by atoms with Crippen molar-refractivity contribution < 1.29 is 9.18 Å². The Morgan fingerprint density at radius 3 is 2.76 bits per heavy atom. The summed E-state index contributed by atoms with van der Waals surface area (Å²) in [7, 11) is 1.63. The average molecular weight is 469 g/mol. The first-order chi connectivity index (χ1) is 15.9. The average Bonchev–Trinajstić information content (AvgIpc) is 2.80. The number of amides is 1. The van der Waals surface area contributed by atoms with Crippen LogP contribution in [0.1, 0.15) is 42.4 Å². The summed E-state index contributed by atoms with van der Waals surface area (Å²) in [5, 5.41) is 20.6. The molecule has 0 aliphatic carbocycles. The minimum absolute atomic E-state index is 0.0565. The van der Waals surface area contributed by atoms with E-state index in [1.165, 1.54) is 17.0 Å². The maximum atomic E-state index is 14.2. The number of carbonyl (C=O) groups excluding carboxylic acids is 1. The smallest absolute Gasteiger partial charge is 0.207 e. The summed E-state index contributed by atoms with van der Waals surface area (Å²) < 4.78 is 14.2. The zero-order valence-corrected chi connectivity index (χ0v) is 19.1. The Labute approximate surface area is 197 Å². The van der Waals surface area contributed by atoms with Gasteiger partial charge in [-0.15, -0.1) is 0 Å². The Balaban J connectivity index is 2.36. The van der Waals surface area contributed by atoms with Crippen LogP contribution in [0.4, 0.5) is 15.8 Å². The molecule has 0 saturated carbocycles. The van der Waals surface area contributed by atoms with Gasteiger partial charge in [-0.1, -0.05) is 18.0 Å². The molecule has 0 unspecified atom stereocenters. The second-order valence-electron chi connectivity index (χ2n) is 7.14. The predicted molar refractivity (Wildman–Crippen MR) is 131 cm³/mol. The summed E-state index contributed by atoms with van der Waals surface area (Å²) in [6.07, 6.45) is 7.34. The molecule has 1 amide bonds. The molecule has 0 radical (unpaired) electrons. The zero-order chi connectivity index (χ0) is 24.2. The van der Waals surface area contributed by atoms with Gasteiger partial charge in [0.25, 0.3) is 0 Å². The molecule has 4 N–H and O–H groups in total. The standard InChI is InChI=1S/C24H26ClFN6O/c1-30-15-19-12-20(9-10-22(19)28)32(23(25)6-4-2-3-5-11-31-16-33)24(29)17-7-8-18(14-27)21(26)13-17/h6-10,12-13,15-16,29H,2-5,11,28H2,1H3,(H,31,33)/b23-6+,29-24?,30-15?. The number of nitrogens with one attached hydrogen (secondary N) is 2. The molecule has 2 rings (SSSR count). The van der Waals surface area contributed by atoms with E-state index in [2.05, 4.69) is 10.3 Å². The molecule has 0 atom stereocenters. The Hall–Kier alpha value is -3.70. The number of nitrogens with zero attached hydrogens (tertiary/aromatic N) is 3. The molecule has 2 aromatic rings. The number of amidine groups is 1.